The topological polar surface area (TPSA) is 52.7 Å². The molecule has 1 aliphatic heterocycles. The quantitative estimate of drug-likeness (QED) is 0.831. The van der Waals surface area contributed by atoms with Gasteiger partial charge in [-0.15, -0.1) is 0 Å². The van der Waals surface area contributed by atoms with E-state index in [1.165, 1.54) is 5.56 Å². The largest absolute Gasteiger partial charge is 0.355 e. The van der Waals surface area contributed by atoms with Crippen LogP contribution in [0.2, 0.25) is 5.02 Å². The number of rotatable bonds is 6. The number of carbonyl (C=O) groups is 2. The monoisotopic (exact) mass is 385 g/mol. The van der Waals surface area contributed by atoms with Crippen molar-refractivity contribution in [3.8, 4) is 0 Å². The molecule has 2 amide bonds. The van der Waals surface area contributed by atoms with E-state index in [2.05, 4.69) is 22.3 Å². The zero-order chi connectivity index (χ0) is 19.1. The van der Waals surface area contributed by atoms with Crippen molar-refractivity contribution in [2.45, 2.75) is 6.42 Å². The summed E-state index contributed by atoms with van der Waals surface area (Å²) in [7, 11) is 0. The van der Waals surface area contributed by atoms with Crippen LogP contribution >= 0.6 is 11.6 Å². The van der Waals surface area contributed by atoms with E-state index in [1.54, 1.807) is 17.0 Å². The molecule has 3 rings (SSSR count). The Morgan fingerprint density at radius 3 is 2.30 bits per heavy atom. The lowest BCUT2D eigenvalue weighted by Gasteiger charge is -2.34. The minimum Gasteiger partial charge on any atom is -0.355 e. The number of halogens is 1. The van der Waals surface area contributed by atoms with E-state index in [9.17, 15) is 9.59 Å². The highest BCUT2D eigenvalue weighted by molar-refractivity contribution is 6.33. The SMILES string of the molecule is O=C(CN1CCN(C(=O)c2ccccc2Cl)CC1)NCCc1ccccc1. The number of carbonyl (C=O) groups excluding carboxylic acids is 2. The summed E-state index contributed by atoms with van der Waals surface area (Å²) in [5.41, 5.74) is 1.75. The van der Waals surface area contributed by atoms with Gasteiger partial charge in [-0.25, -0.2) is 0 Å². The lowest BCUT2D eigenvalue weighted by atomic mass is 10.1. The average molecular weight is 386 g/mol. The Hall–Kier alpha value is -2.37. The van der Waals surface area contributed by atoms with Gasteiger partial charge in [-0.2, -0.15) is 0 Å². The number of hydrogen-bond donors (Lipinski definition) is 1. The molecular formula is C21H24ClN3O2. The van der Waals surface area contributed by atoms with Crippen LogP contribution in [0.15, 0.2) is 54.6 Å². The van der Waals surface area contributed by atoms with Gasteiger partial charge in [0.05, 0.1) is 17.1 Å². The lowest BCUT2D eigenvalue weighted by Crippen LogP contribution is -2.51. The number of piperazine rings is 1. The summed E-state index contributed by atoms with van der Waals surface area (Å²) in [6.07, 6.45) is 0.826. The number of amides is 2. The second-order valence-electron chi connectivity index (χ2n) is 6.63. The van der Waals surface area contributed by atoms with Crippen molar-refractivity contribution in [1.82, 2.24) is 15.1 Å². The Labute approximate surface area is 164 Å². The van der Waals surface area contributed by atoms with Crippen LogP contribution in [-0.2, 0) is 11.2 Å². The first kappa shape index (κ1) is 19.4. The van der Waals surface area contributed by atoms with Crippen molar-refractivity contribution in [1.29, 1.82) is 0 Å². The van der Waals surface area contributed by atoms with E-state index in [0.717, 1.165) is 6.42 Å². The van der Waals surface area contributed by atoms with Crippen molar-refractivity contribution in [3.63, 3.8) is 0 Å². The molecule has 0 aromatic heterocycles. The van der Waals surface area contributed by atoms with Gasteiger partial charge >= 0.3 is 0 Å². The normalized spacial score (nSPS) is 14.8. The zero-order valence-corrected chi connectivity index (χ0v) is 16.0. The van der Waals surface area contributed by atoms with Crippen molar-refractivity contribution in [2.75, 3.05) is 39.3 Å². The van der Waals surface area contributed by atoms with Gasteiger partial charge in [-0.05, 0) is 24.1 Å². The molecule has 0 spiro atoms. The second kappa shape index (κ2) is 9.53. The summed E-state index contributed by atoms with van der Waals surface area (Å²) in [4.78, 5) is 28.6. The molecule has 6 heteroatoms. The molecule has 0 unspecified atom stereocenters. The fourth-order valence-electron chi connectivity index (χ4n) is 3.16. The van der Waals surface area contributed by atoms with Crippen LogP contribution < -0.4 is 5.32 Å². The van der Waals surface area contributed by atoms with Crippen molar-refractivity contribution in [2.24, 2.45) is 0 Å². The fraction of sp³-hybridized carbons (Fsp3) is 0.333. The maximum absolute atomic E-state index is 12.6. The van der Waals surface area contributed by atoms with E-state index < -0.39 is 0 Å². The molecule has 1 fully saturated rings. The molecule has 0 saturated carbocycles. The predicted molar refractivity (Wildman–Crippen MR) is 107 cm³/mol. The molecular weight excluding hydrogens is 362 g/mol. The van der Waals surface area contributed by atoms with Gasteiger partial charge in [0.2, 0.25) is 5.91 Å². The van der Waals surface area contributed by atoms with E-state index in [4.69, 9.17) is 11.6 Å². The van der Waals surface area contributed by atoms with Crippen LogP contribution in [0.25, 0.3) is 0 Å². The molecule has 5 nitrogen and oxygen atoms in total. The maximum atomic E-state index is 12.6. The zero-order valence-electron chi connectivity index (χ0n) is 15.2. The third-order valence-electron chi connectivity index (χ3n) is 4.71. The lowest BCUT2D eigenvalue weighted by molar-refractivity contribution is -0.122. The Balaban J connectivity index is 1.39. The highest BCUT2D eigenvalue weighted by Gasteiger charge is 2.24. The van der Waals surface area contributed by atoms with Gasteiger partial charge in [-0.3, -0.25) is 14.5 Å². The molecule has 2 aromatic carbocycles. The smallest absolute Gasteiger partial charge is 0.255 e. The molecule has 0 radical (unpaired) electrons. The Morgan fingerprint density at radius 1 is 0.926 bits per heavy atom. The third-order valence-corrected chi connectivity index (χ3v) is 5.04. The van der Waals surface area contributed by atoms with E-state index in [1.807, 2.05) is 30.3 Å². The van der Waals surface area contributed by atoms with Crippen LogP contribution in [0.1, 0.15) is 15.9 Å². The summed E-state index contributed by atoms with van der Waals surface area (Å²) in [6, 6.07) is 17.2. The van der Waals surface area contributed by atoms with E-state index in [0.29, 0.717) is 49.9 Å². The molecule has 0 atom stereocenters. The average Bonchev–Trinajstić information content (AvgIpc) is 2.69. The molecule has 1 aliphatic rings. The summed E-state index contributed by atoms with van der Waals surface area (Å²) >= 11 is 6.12. The minimum absolute atomic E-state index is 0.0248. The van der Waals surface area contributed by atoms with Gasteiger partial charge in [0.15, 0.2) is 0 Å². The maximum Gasteiger partial charge on any atom is 0.255 e. The first-order valence-corrected chi connectivity index (χ1v) is 9.58. The summed E-state index contributed by atoms with van der Waals surface area (Å²) in [5.74, 6) is -0.0237. The highest BCUT2D eigenvalue weighted by Crippen LogP contribution is 2.18. The van der Waals surface area contributed by atoms with Crippen LogP contribution in [0.4, 0.5) is 0 Å². The first-order chi connectivity index (χ1) is 13.1. The molecule has 1 saturated heterocycles. The summed E-state index contributed by atoms with van der Waals surface area (Å²) in [5, 5.41) is 3.44. The van der Waals surface area contributed by atoms with Gasteiger partial charge in [0.25, 0.3) is 5.91 Å². The van der Waals surface area contributed by atoms with E-state index in [-0.39, 0.29) is 11.8 Å². The number of nitrogens with zero attached hydrogens (tertiary/aromatic N) is 2. The van der Waals surface area contributed by atoms with E-state index >= 15 is 0 Å². The van der Waals surface area contributed by atoms with Crippen molar-refractivity contribution < 1.29 is 9.59 Å². The Kier molecular flexibility index (Phi) is 6.85. The first-order valence-electron chi connectivity index (χ1n) is 9.20. The molecule has 0 aliphatic carbocycles. The Morgan fingerprint density at radius 2 is 1.59 bits per heavy atom. The molecule has 142 valence electrons. The minimum atomic E-state index is -0.0486. The predicted octanol–water partition coefficient (Wildman–Crippen LogP) is 2.46. The van der Waals surface area contributed by atoms with Crippen molar-refractivity contribution in [3.05, 3.63) is 70.7 Å². The number of hydrogen-bond acceptors (Lipinski definition) is 3. The Bertz CT molecular complexity index is 774. The summed E-state index contributed by atoms with van der Waals surface area (Å²) in [6.45, 7) is 3.56. The van der Waals surface area contributed by atoms with Gasteiger partial charge < -0.3 is 10.2 Å². The molecule has 27 heavy (non-hydrogen) atoms. The number of nitrogens with one attached hydrogen (secondary N) is 1. The number of benzene rings is 2. The molecule has 0 bridgehead atoms. The van der Waals surface area contributed by atoms with Crippen LogP contribution in [-0.4, -0.2) is 60.9 Å². The second-order valence-corrected chi connectivity index (χ2v) is 7.04. The van der Waals surface area contributed by atoms with Crippen LogP contribution in [0.5, 0.6) is 0 Å². The van der Waals surface area contributed by atoms with Gasteiger partial charge in [-0.1, -0.05) is 54.1 Å². The molecule has 1 N–H and O–H groups in total. The molecule has 1 heterocycles. The standard InChI is InChI=1S/C21H24ClN3O2/c22-19-9-5-4-8-18(19)21(27)25-14-12-24(13-15-25)16-20(26)23-11-10-17-6-2-1-3-7-17/h1-9H,10-16H2,(H,23,26). The van der Waals surface area contributed by atoms with Crippen LogP contribution in [0, 0.1) is 0 Å². The van der Waals surface area contributed by atoms with Gasteiger partial charge in [0, 0.05) is 32.7 Å². The fourth-order valence-corrected chi connectivity index (χ4v) is 3.38. The van der Waals surface area contributed by atoms with Crippen molar-refractivity contribution >= 4 is 23.4 Å². The third kappa shape index (κ3) is 5.55. The molecule has 2 aromatic rings. The summed E-state index contributed by atoms with van der Waals surface area (Å²) < 4.78 is 0. The highest BCUT2D eigenvalue weighted by atomic mass is 35.5. The van der Waals surface area contributed by atoms with Gasteiger partial charge in [0.1, 0.15) is 0 Å². The van der Waals surface area contributed by atoms with Crippen LogP contribution in [0.3, 0.4) is 0 Å².